The number of carbonyl (C=O) groups excluding carboxylic acids is 2. The number of nitrogens with zero attached hydrogens (tertiary/aromatic N) is 4. The van der Waals surface area contributed by atoms with Gasteiger partial charge in [-0.15, -0.1) is 0 Å². The second kappa shape index (κ2) is 6.17. The number of hydrogen-bond donors (Lipinski definition) is 1. The Morgan fingerprint density at radius 3 is 2.68 bits per heavy atom. The highest BCUT2D eigenvalue weighted by molar-refractivity contribution is 5.83. The summed E-state index contributed by atoms with van der Waals surface area (Å²) in [6.45, 7) is 1.22. The first kappa shape index (κ1) is 14.2. The van der Waals surface area contributed by atoms with Crippen molar-refractivity contribution < 1.29 is 14.3 Å². The molecule has 1 heterocycles. The number of nitriles is 2. The molecule has 1 atom stereocenters. The molecule has 0 radical (unpaired) electrons. The monoisotopic (exact) mass is 261 g/mol. The molecule has 1 N–H and O–H groups in total. The van der Waals surface area contributed by atoms with E-state index in [-0.39, 0.29) is 17.9 Å². The summed E-state index contributed by atoms with van der Waals surface area (Å²) in [4.78, 5) is 26.3. The summed E-state index contributed by atoms with van der Waals surface area (Å²) >= 11 is 0. The third kappa shape index (κ3) is 3.30. The fourth-order valence-corrected chi connectivity index (χ4v) is 1.48. The summed E-state index contributed by atoms with van der Waals surface area (Å²) in [5.74, 6) is -1.05. The third-order valence-corrected chi connectivity index (χ3v) is 2.29. The van der Waals surface area contributed by atoms with Crippen molar-refractivity contribution in [1.29, 1.82) is 10.5 Å². The van der Waals surface area contributed by atoms with Gasteiger partial charge >= 0.3 is 5.97 Å². The predicted octanol–water partition coefficient (Wildman–Crippen LogP) is -0.696. The van der Waals surface area contributed by atoms with E-state index in [1.165, 1.54) is 24.9 Å². The minimum Gasteiger partial charge on any atom is -0.467 e. The van der Waals surface area contributed by atoms with E-state index in [1.54, 1.807) is 6.07 Å². The zero-order chi connectivity index (χ0) is 14.4. The van der Waals surface area contributed by atoms with Gasteiger partial charge in [0.15, 0.2) is 11.4 Å². The van der Waals surface area contributed by atoms with Crippen LogP contribution in [0.1, 0.15) is 18.3 Å². The Morgan fingerprint density at radius 2 is 2.21 bits per heavy atom. The number of ether oxygens (including phenoxy) is 1. The summed E-state index contributed by atoms with van der Waals surface area (Å²) in [6.07, 6.45) is 1.26. The van der Waals surface area contributed by atoms with Gasteiger partial charge in [0, 0.05) is 6.92 Å². The maximum atomic E-state index is 11.5. The molecule has 0 aliphatic carbocycles. The number of carbonyl (C=O) groups is 2. The maximum absolute atomic E-state index is 11.5. The number of rotatable bonds is 4. The largest absolute Gasteiger partial charge is 0.467 e. The fourth-order valence-electron chi connectivity index (χ4n) is 1.48. The summed E-state index contributed by atoms with van der Waals surface area (Å²) < 4.78 is 5.87. The normalized spacial score (nSPS) is 10.9. The van der Waals surface area contributed by atoms with E-state index in [2.05, 4.69) is 15.0 Å². The van der Waals surface area contributed by atoms with E-state index >= 15 is 0 Å². The second-order valence-corrected chi connectivity index (χ2v) is 3.59. The van der Waals surface area contributed by atoms with E-state index in [0.717, 1.165) is 0 Å². The molecule has 0 fully saturated rings. The Balaban J connectivity index is 3.01. The highest BCUT2D eigenvalue weighted by Crippen LogP contribution is 2.06. The lowest BCUT2D eigenvalue weighted by Crippen LogP contribution is -2.43. The number of aromatic nitrogens is 2. The predicted molar refractivity (Wildman–Crippen MR) is 61.3 cm³/mol. The zero-order valence-corrected chi connectivity index (χ0v) is 10.4. The molecule has 0 aliphatic heterocycles. The molecule has 1 rings (SSSR count). The first-order valence-corrected chi connectivity index (χ1v) is 5.23. The van der Waals surface area contributed by atoms with Gasteiger partial charge in [-0.2, -0.15) is 10.5 Å². The van der Waals surface area contributed by atoms with Crippen molar-refractivity contribution in [2.45, 2.75) is 19.5 Å². The van der Waals surface area contributed by atoms with Gasteiger partial charge in [-0.05, 0) is 0 Å². The lowest BCUT2D eigenvalue weighted by Gasteiger charge is -2.16. The molecule has 1 unspecified atom stereocenters. The molecule has 98 valence electrons. The summed E-state index contributed by atoms with van der Waals surface area (Å²) in [5.41, 5.74) is -0.00399. The number of imidazole rings is 1. The minimum atomic E-state index is -0.949. The standard InChI is InChI=1S/C11H11N5O3/c1-7(17)15-9(11(18)19-2)5-16-6-14-8(3-12)10(16)4-13/h6,9H,5H2,1-2H3,(H,15,17). The molecular formula is C11H11N5O3. The van der Waals surface area contributed by atoms with Crippen LogP contribution in [-0.2, 0) is 20.9 Å². The number of amides is 1. The van der Waals surface area contributed by atoms with Gasteiger partial charge in [0.25, 0.3) is 0 Å². The van der Waals surface area contributed by atoms with Crippen LogP contribution in [0.2, 0.25) is 0 Å². The number of methoxy groups -OCH3 is 1. The highest BCUT2D eigenvalue weighted by atomic mass is 16.5. The van der Waals surface area contributed by atoms with Crippen LogP contribution in [0, 0.1) is 22.7 Å². The second-order valence-electron chi connectivity index (χ2n) is 3.59. The average molecular weight is 261 g/mol. The topological polar surface area (TPSA) is 121 Å². The lowest BCUT2D eigenvalue weighted by molar-refractivity contribution is -0.145. The van der Waals surface area contributed by atoms with Gasteiger partial charge in [-0.25, -0.2) is 9.78 Å². The van der Waals surface area contributed by atoms with Gasteiger partial charge in [0.2, 0.25) is 5.91 Å². The molecule has 0 saturated carbocycles. The van der Waals surface area contributed by atoms with E-state index in [1.807, 2.05) is 6.07 Å². The van der Waals surface area contributed by atoms with Crippen LogP contribution in [0.25, 0.3) is 0 Å². The van der Waals surface area contributed by atoms with Gasteiger partial charge in [0.1, 0.15) is 18.2 Å². The van der Waals surface area contributed by atoms with Crippen molar-refractivity contribution in [3.05, 3.63) is 17.7 Å². The van der Waals surface area contributed by atoms with Crippen molar-refractivity contribution in [3.8, 4) is 12.1 Å². The average Bonchev–Trinajstić information content (AvgIpc) is 2.78. The number of hydrogen-bond acceptors (Lipinski definition) is 6. The van der Waals surface area contributed by atoms with Gasteiger partial charge in [-0.1, -0.05) is 0 Å². The van der Waals surface area contributed by atoms with E-state index in [9.17, 15) is 9.59 Å². The summed E-state index contributed by atoms with van der Waals surface area (Å²) in [6, 6.07) is 2.64. The quantitative estimate of drug-likeness (QED) is 0.715. The van der Waals surface area contributed by atoms with E-state index in [4.69, 9.17) is 10.5 Å². The van der Waals surface area contributed by atoms with Gasteiger partial charge in [-0.3, -0.25) is 4.79 Å². The van der Waals surface area contributed by atoms with Crippen molar-refractivity contribution in [2.24, 2.45) is 0 Å². The molecule has 1 aromatic heterocycles. The van der Waals surface area contributed by atoms with Gasteiger partial charge < -0.3 is 14.6 Å². The van der Waals surface area contributed by atoms with Crippen LogP contribution in [0.3, 0.4) is 0 Å². The van der Waals surface area contributed by atoms with Crippen LogP contribution in [0.15, 0.2) is 6.33 Å². The smallest absolute Gasteiger partial charge is 0.330 e. The van der Waals surface area contributed by atoms with Gasteiger partial charge in [0.05, 0.1) is 20.0 Å². The lowest BCUT2D eigenvalue weighted by atomic mass is 10.2. The Kier molecular flexibility index (Phi) is 4.61. The fraction of sp³-hybridized carbons (Fsp3) is 0.364. The molecule has 0 saturated heterocycles. The molecule has 8 heteroatoms. The molecule has 8 nitrogen and oxygen atoms in total. The Bertz CT molecular complexity index is 578. The molecule has 0 bridgehead atoms. The maximum Gasteiger partial charge on any atom is 0.330 e. The van der Waals surface area contributed by atoms with Crippen molar-refractivity contribution >= 4 is 11.9 Å². The highest BCUT2D eigenvalue weighted by Gasteiger charge is 2.22. The first-order chi connectivity index (χ1) is 9.03. The summed E-state index contributed by atoms with van der Waals surface area (Å²) in [5, 5.41) is 20.1. The van der Waals surface area contributed by atoms with Crippen molar-refractivity contribution in [1.82, 2.24) is 14.9 Å². The first-order valence-electron chi connectivity index (χ1n) is 5.23. The SMILES string of the molecule is COC(=O)C(Cn1cnc(C#N)c1C#N)NC(C)=O. The zero-order valence-electron chi connectivity index (χ0n) is 10.4. The Hall–Kier alpha value is -2.87. The van der Waals surface area contributed by atoms with Crippen LogP contribution in [0.5, 0.6) is 0 Å². The van der Waals surface area contributed by atoms with Crippen molar-refractivity contribution in [3.63, 3.8) is 0 Å². The Labute approximate surface area is 109 Å². The van der Waals surface area contributed by atoms with E-state index < -0.39 is 17.9 Å². The molecule has 1 aromatic rings. The van der Waals surface area contributed by atoms with E-state index in [0.29, 0.717) is 0 Å². The molecule has 0 spiro atoms. The summed E-state index contributed by atoms with van der Waals surface area (Å²) in [7, 11) is 1.19. The molecular weight excluding hydrogens is 250 g/mol. The third-order valence-electron chi connectivity index (χ3n) is 2.29. The Morgan fingerprint density at radius 1 is 1.53 bits per heavy atom. The molecule has 1 amide bonds. The van der Waals surface area contributed by atoms with Crippen molar-refractivity contribution in [2.75, 3.05) is 7.11 Å². The number of esters is 1. The minimum absolute atomic E-state index is 0.0294. The van der Waals surface area contributed by atoms with Crippen LogP contribution < -0.4 is 5.32 Å². The molecule has 0 aliphatic rings. The van der Waals surface area contributed by atoms with Crippen LogP contribution in [-0.4, -0.2) is 34.6 Å². The molecule has 19 heavy (non-hydrogen) atoms. The number of nitrogens with one attached hydrogen (secondary N) is 1. The molecule has 0 aromatic carbocycles. The van der Waals surface area contributed by atoms with Crippen LogP contribution >= 0.6 is 0 Å². The van der Waals surface area contributed by atoms with Crippen LogP contribution in [0.4, 0.5) is 0 Å².